The van der Waals surface area contributed by atoms with Crippen molar-refractivity contribution in [3.05, 3.63) is 29.3 Å². The summed E-state index contributed by atoms with van der Waals surface area (Å²) in [5.74, 6) is 0.359. The van der Waals surface area contributed by atoms with Gasteiger partial charge < -0.3 is 15.3 Å². The van der Waals surface area contributed by atoms with E-state index in [0.717, 1.165) is 36.8 Å². The Balaban J connectivity index is 2.48. The molecule has 3 N–H and O–H groups in total. The Bertz CT molecular complexity index is 602. The third-order valence-electron chi connectivity index (χ3n) is 3.57. The van der Waals surface area contributed by atoms with Crippen molar-refractivity contribution in [2.45, 2.75) is 25.7 Å². The molecule has 0 unspecified atom stereocenters. The normalized spacial score (nSPS) is 14.8. The molecular weight excluding hydrogens is 216 g/mol. The van der Waals surface area contributed by atoms with Crippen LogP contribution in [0.5, 0.6) is 17.2 Å². The molecule has 0 heterocycles. The summed E-state index contributed by atoms with van der Waals surface area (Å²) < 4.78 is 0. The largest absolute Gasteiger partial charge is 0.507 e. The van der Waals surface area contributed by atoms with E-state index in [1.54, 1.807) is 12.1 Å². The lowest BCUT2D eigenvalue weighted by molar-refractivity contribution is 0.442. The van der Waals surface area contributed by atoms with Crippen LogP contribution in [-0.4, -0.2) is 15.3 Å². The van der Waals surface area contributed by atoms with Gasteiger partial charge >= 0.3 is 0 Å². The topological polar surface area (TPSA) is 60.7 Å². The van der Waals surface area contributed by atoms with Gasteiger partial charge in [-0.3, -0.25) is 0 Å². The number of phenolic OH excluding ortho intramolecular Hbond substituents is 3. The molecule has 2 aromatic carbocycles. The molecule has 3 nitrogen and oxygen atoms in total. The van der Waals surface area contributed by atoms with E-state index in [0.29, 0.717) is 10.8 Å². The zero-order valence-corrected chi connectivity index (χ0v) is 9.40. The second kappa shape index (κ2) is 3.55. The fourth-order valence-electron chi connectivity index (χ4n) is 2.73. The monoisotopic (exact) mass is 230 g/mol. The smallest absolute Gasteiger partial charge is 0.130 e. The molecule has 0 bridgehead atoms. The summed E-state index contributed by atoms with van der Waals surface area (Å²) in [5, 5.41) is 31.2. The Morgan fingerprint density at radius 2 is 1.47 bits per heavy atom. The van der Waals surface area contributed by atoms with E-state index in [-0.39, 0.29) is 17.2 Å². The highest BCUT2D eigenvalue weighted by Crippen LogP contribution is 2.45. The van der Waals surface area contributed by atoms with E-state index in [2.05, 4.69) is 0 Å². The van der Waals surface area contributed by atoms with E-state index in [1.165, 1.54) is 6.07 Å². The Morgan fingerprint density at radius 3 is 2.18 bits per heavy atom. The molecule has 0 fully saturated rings. The van der Waals surface area contributed by atoms with E-state index >= 15 is 0 Å². The van der Waals surface area contributed by atoms with Crippen LogP contribution in [0.3, 0.4) is 0 Å². The van der Waals surface area contributed by atoms with Gasteiger partial charge in [0.2, 0.25) is 0 Å². The van der Waals surface area contributed by atoms with Crippen molar-refractivity contribution in [2.75, 3.05) is 0 Å². The van der Waals surface area contributed by atoms with Crippen molar-refractivity contribution in [1.82, 2.24) is 0 Å². The van der Waals surface area contributed by atoms with Crippen LogP contribution in [0.4, 0.5) is 0 Å². The van der Waals surface area contributed by atoms with E-state index in [9.17, 15) is 15.3 Å². The lowest BCUT2D eigenvalue weighted by atomic mass is 9.87. The van der Waals surface area contributed by atoms with Gasteiger partial charge in [0.15, 0.2) is 0 Å². The summed E-state index contributed by atoms with van der Waals surface area (Å²) in [6.45, 7) is 0. The Morgan fingerprint density at radius 1 is 0.824 bits per heavy atom. The van der Waals surface area contributed by atoms with Crippen LogP contribution in [0.2, 0.25) is 0 Å². The van der Waals surface area contributed by atoms with Crippen molar-refractivity contribution in [1.29, 1.82) is 0 Å². The fraction of sp³-hybridized carbons (Fsp3) is 0.286. The molecule has 3 heteroatoms. The van der Waals surface area contributed by atoms with Crippen LogP contribution >= 0.6 is 0 Å². The van der Waals surface area contributed by atoms with Gasteiger partial charge in [0.1, 0.15) is 17.2 Å². The predicted molar refractivity (Wildman–Crippen MR) is 65.6 cm³/mol. The average molecular weight is 230 g/mol. The van der Waals surface area contributed by atoms with Crippen LogP contribution in [0.25, 0.3) is 10.8 Å². The number of fused-ring (bicyclic) bond motifs is 2. The van der Waals surface area contributed by atoms with Gasteiger partial charge in [-0.1, -0.05) is 12.1 Å². The third-order valence-corrected chi connectivity index (χ3v) is 3.57. The molecule has 17 heavy (non-hydrogen) atoms. The molecule has 0 spiro atoms. The molecule has 0 atom stereocenters. The summed E-state index contributed by atoms with van der Waals surface area (Å²) in [6.07, 6.45) is 3.60. The molecule has 3 rings (SSSR count). The zero-order valence-electron chi connectivity index (χ0n) is 9.40. The van der Waals surface area contributed by atoms with Gasteiger partial charge in [-0.2, -0.15) is 0 Å². The van der Waals surface area contributed by atoms with Gasteiger partial charge in [-0.05, 0) is 31.7 Å². The Hall–Kier alpha value is -1.90. The average Bonchev–Trinajstić information content (AvgIpc) is 2.36. The zero-order chi connectivity index (χ0) is 12.0. The van der Waals surface area contributed by atoms with Gasteiger partial charge in [0.25, 0.3) is 0 Å². The Labute approximate surface area is 98.9 Å². The van der Waals surface area contributed by atoms with Crippen molar-refractivity contribution in [3.63, 3.8) is 0 Å². The lowest BCUT2D eigenvalue weighted by Gasteiger charge is -2.20. The van der Waals surface area contributed by atoms with Gasteiger partial charge in [0.05, 0.1) is 5.39 Å². The van der Waals surface area contributed by atoms with Crippen molar-refractivity contribution >= 4 is 10.8 Å². The first-order valence-corrected chi connectivity index (χ1v) is 5.87. The minimum absolute atomic E-state index is 0.0173. The first kappa shape index (κ1) is 10.3. The van der Waals surface area contributed by atoms with Crippen molar-refractivity contribution in [2.24, 2.45) is 0 Å². The molecule has 0 saturated carbocycles. The molecular formula is C14H14O3. The summed E-state index contributed by atoms with van der Waals surface area (Å²) in [7, 11) is 0. The molecule has 88 valence electrons. The summed E-state index contributed by atoms with van der Waals surface area (Å²) >= 11 is 0. The standard InChI is InChI=1S/C14H14O3/c15-11-7-3-6-10-12(11)14(17)9-5-2-1-4-8(9)13(10)16/h3,6-7,15-17H,1-2,4-5H2. The highest BCUT2D eigenvalue weighted by molar-refractivity contribution is 5.99. The van der Waals surface area contributed by atoms with E-state index < -0.39 is 0 Å². The summed E-state index contributed by atoms with van der Waals surface area (Å²) in [5.41, 5.74) is 1.63. The molecule has 0 aromatic heterocycles. The highest BCUT2D eigenvalue weighted by atomic mass is 16.3. The van der Waals surface area contributed by atoms with E-state index in [4.69, 9.17) is 0 Å². The first-order valence-electron chi connectivity index (χ1n) is 5.87. The number of phenols is 3. The number of rotatable bonds is 0. The second-order valence-electron chi connectivity index (χ2n) is 4.56. The quantitative estimate of drug-likeness (QED) is 0.610. The van der Waals surface area contributed by atoms with Crippen LogP contribution < -0.4 is 0 Å². The molecule has 2 aromatic rings. The van der Waals surface area contributed by atoms with Crippen LogP contribution in [0, 0.1) is 0 Å². The minimum Gasteiger partial charge on any atom is -0.507 e. The van der Waals surface area contributed by atoms with E-state index in [1.807, 2.05) is 0 Å². The van der Waals surface area contributed by atoms with Crippen molar-refractivity contribution < 1.29 is 15.3 Å². The Kier molecular flexibility index (Phi) is 2.15. The van der Waals surface area contributed by atoms with Crippen LogP contribution in [0.15, 0.2) is 18.2 Å². The molecule has 0 aliphatic heterocycles. The molecule has 0 amide bonds. The summed E-state index contributed by atoms with van der Waals surface area (Å²) in [6, 6.07) is 4.92. The second-order valence-corrected chi connectivity index (χ2v) is 4.56. The molecule has 0 saturated heterocycles. The van der Waals surface area contributed by atoms with Gasteiger partial charge in [-0.15, -0.1) is 0 Å². The van der Waals surface area contributed by atoms with Gasteiger partial charge in [0, 0.05) is 16.5 Å². The number of benzene rings is 2. The van der Waals surface area contributed by atoms with Crippen LogP contribution in [-0.2, 0) is 12.8 Å². The SMILES string of the molecule is Oc1c2c(c(O)c3c(O)cccc13)CCCC2. The number of hydrogen-bond acceptors (Lipinski definition) is 3. The predicted octanol–water partition coefficient (Wildman–Crippen LogP) is 2.84. The summed E-state index contributed by atoms with van der Waals surface area (Å²) in [4.78, 5) is 0. The molecule has 0 radical (unpaired) electrons. The first-order chi connectivity index (χ1) is 8.20. The highest BCUT2D eigenvalue weighted by Gasteiger charge is 2.22. The number of aromatic hydroxyl groups is 3. The maximum atomic E-state index is 10.2. The third kappa shape index (κ3) is 1.35. The molecule has 1 aliphatic rings. The van der Waals surface area contributed by atoms with Crippen LogP contribution in [0.1, 0.15) is 24.0 Å². The van der Waals surface area contributed by atoms with Gasteiger partial charge in [-0.25, -0.2) is 0 Å². The molecule has 1 aliphatic carbocycles. The lowest BCUT2D eigenvalue weighted by Crippen LogP contribution is -2.03. The fourth-order valence-corrected chi connectivity index (χ4v) is 2.73. The minimum atomic E-state index is 0.0173. The maximum absolute atomic E-state index is 10.2. The van der Waals surface area contributed by atoms with Crippen molar-refractivity contribution in [3.8, 4) is 17.2 Å². The maximum Gasteiger partial charge on any atom is 0.130 e. The number of hydrogen-bond donors (Lipinski definition) is 3.